The van der Waals surface area contributed by atoms with Crippen LogP contribution in [0.3, 0.4) is 0 Å². The summed E-state index contributed by atoms with van der Waals surface area (Å²) in [6, 6.07) is 8.01. The predicted molar refractivity (Wildman–Crippen MR) is 97.1 cm³/mol. The molecule has 0 spiro atoms. The van der Waals surface area contributed by atoms with Crippen LogP contribution in [0.4, 0.5) is 4.39 Å². The second-order valence-electron chi connectivity index (χ2n) is 5.61. The Morgan fingerprint density at radius 2 is 2.12 bits per heavy atom. The van der Waals surface area contributed by atoms with Crippen molar-refractivity contribution in [3.63, 3.8) is 0 Å². The summed E-state index contributed by atoms with van der Waals surface area (Å²) in [5.41, 5.74) is 1.61. The lowest BCUT2D eigenvalue weighted by Crippen LogP contribution is -2.24. The van der Waals surface area contributed by atoms with Gasteiger partial charge in [-0.2, -0.15) is 5.10 Å². The SMILES string of the molecule is CCOCCCNC(=O)c1cc2c(C)nn(-c3ccc(F)cc3)c2s1. The standard InChI is InChI=1S/C18H20FN3O2S/c1-3-24-10-4-9-20-17(23)16-11-15-12(2)21-22(18(15)25-16)14-7-5-13(19)6-8-14/h5-8,11H,3-4,9-10H2,1-2H3,(H,20,23). The third kappa shape index (κ3) is 3.88. The smallest absolute Gasteiger partial charge is 0.261 e. The molecule has 25 heavy (non-hydrogen) atoms. The Balaban J connectivity index is 1.79. The summed E-state index contributed by atoms with van der Waals surface area (Å²) < 4.78 is 20.1. The monoisotopic (exact) mass is 361 g/mol. The zero-order valence-electron chi connectivity index (χ0n) is 14.2. The molecule has 2 aromatic heterocycles. The minimum absolute atomic E-state index is 0.0947. The van der Waals surface area contributed by atoms with Crippen molar-refractivity contribution >= 4 is 27.5 Å². The van der Waals surface area contributed by atoms with Crippen molar-refractivity contribution < 1.29 is 13.9 Å². The highest BCUT2D eigenvalue weighted by atomic mass is 32.1. The summed E-state index contributed by atoms with van der Waals surface area (Å²) >= 11 is 1.38. The number of carbonyl (C=O) groups excluding carboxylic acids is 1. The van der Waals surface area contributed by atoms with Gasteiger partial charge in [0.05, 0.1) is 16.3 Å². The van der Waals surface area contributed by atoms with Crippen LogP contribution >= 0.6 is 11.3 Å². The molecule has 0 atom stereocenters. The molecule has 0 radical (unpaired) electrons. The van der Waals surface area contributed by atoms with E-state index in [0.717, 1.165) is 28.0 Å². The van der Waals surface area contributed by atoms with E-state index in [9.17, 15) is 9.18 Å². The van der Waals surface area contributed by atoms with E-state index in [1.807, 2.05) is 19.9 Å². The Morgan fingerprint density at radius 3 is 2.84 bits per heavy atom. The maximum absolute atomic E-state index is 13.1. The van der Waals surface area contributed by atoms with E-state index >= 15 is 0 Å². The summed E-state index contributed by atoms with van der Waals surface area (Å²) in [7, 11) is 0. The number of nitrogens with one attached hydrogen (secondary N) is 1. The van der Waals surface area contributed by atoms with Gasteiger partial charge >= 0.3 is 0 Å². The molecule has 3 rings (SSSR count). The number of fused-ring (bicyclic) bond motifs is 1. The van der Waals surface area contributed by atoms with Crippen molar-refractivity contribution in [2.75, 3.05) is 19.8 Å². The van der Waals surface area contributed by atoms with Crippen molar-refractivity contribution in [1.82, 2.24) is 15.1 Å². The highest BCUT2D eigenvalue weighted by Gasteiger charge is 2.17. The maximum atomic E-state index is 13.1. The highest BCUT2D eigenvalue weighted by Crippen LogP contribution is 2.30. The fourth-order valence-electron chi connectivity index (χ4n) is 2.52. The average Bonchev–Trinajstić information content (AvgIpc) is 3.16. The van der Waals surface area contributed by atoms with E-state index < -0.39 is 0 Å². The van der Waals surface area contributed by atoms with Gasteiger partial charge in [-0.3, -0.25) is 4.79 Å². The van der Waals surface area contributed by atoms with E-state index in [-0.39, 0.29) is 11.7 Å². The second-order valence-corrected chi connectivity index (χ2v) is 6.64. The van der Waals surface area contributed by atoms with Crippen LogP contribution in [0.2, 0.25) is 0 Å². The molecule has 7 heteroatoms. The van der Waals surface area contributed by atoms with Crippen LogP contribution in [0, 0.1) is 12.7 Å². The first kappa shape index (κ1) is 17.6. The van der Waals surface area contributed by atoms with Crippen molar-refractivity contribution in [1.29, 1.82) is 0 Å². The molecule has 1 amide bonds. The lowest BCUT2D eigenvalue weighted by atomic mass is 10.3. The van der Waals surface area contributed by atoms with Gasteiger partial charge in [-0.1, -0.05) is 0 Å². The third-order valence-corrected chi connectivity index (χ3v) is 4.90. The van der Waals surface area contributed by atoms with Crippen molar-refractivity contribution in [3.05, 3.63) is 46.7 Å². The summed E-state index contributed by atoms with van der Waals surface area (Å²) in [5.74, 6) is -0.384. The van der Waals surface area contributed by atoms with Gasteiger partial charge in [0.15, 0.2) is 0 Å². The van der Waals surface area contributed by atoms with Gasteiger partial charge < -0.3 is 10.1 Å². The number of nitrogens with zero attached hydrogens (tertiary/aromatic N) is 2. The Labute approximate surface area is 149 Å². The summed E-state index contributed by atoms with van der Waals surface area (Å²) in [4.78, 5) is 13.8. The number of ether oxygens (including phenoxy) is 1. The number of thiophene rings is 1. The van der Waals surface area contributed by atoms with E-state index in [2.05, 4.69) is 10.4 Å². The first-order valence-corrected chi connectivity index (χ1v) is 9.03. The fourth-order valence-corrected chi connectivity index (χ4v) is 3.62. The molecule has 0 fully saturated rings. The number of hydrogen-bond acceptors (Lipinski definition) is 4. The minimum atomic E-state index is -0.290. The van der Waals surface area contributed by atoms with E-state index in [4.69, 9.17) is 4.74 Å². The lowest BCUT2D eigenvalue weighted by Gasteiger charge is -2.04. The number of halogens is 1. The molecule has 0 aliphatic carbocycles. The molecular weight excluding hydrogens is 341 g/mol. The number of rotatable bonds is 7. The summed E-state index contributed by atoms with van der Waals surface area (Å²) in [6.07, 6.45) is 0.785. The Hall–Kier alpha value is -2.25. The normalized spacial score (nSPS) is 11.2. The summed E-state index contributed by atoms with van der Waals surface area (Å²) in [5, 5.41) is 8.35. The first-order valence-electron chi connectivity index (χ1n) is 8.21. The number of carbonyl (C=O) groups is 1. The van der Waals surface area contributed by atoms with E-state index in [1.54, 1.807) is 16.8 Å². The molecule has 0 saturated heterocycles. The first-order chi connectivity index (χ1) is 12.1. The maximum Gasteiger partial charge on any atom is 0.261 e. The Bertz CT molecular complexity index is 870. The van der Waals surface area contributed by atoms with Crippen LogP contribution in [-0.2, 0) is 4.74 Å². The van der Waals surface area contributed by atoms with Gasteiger partial charge in [-0.15, -0.1) is 11.3 Å². The van der Waals surface area contributed by atoms with Crippen molar-refractivity contribution in [2.45, 2.75) is 20.3 Å². The Kier molecular flexibility index (Phi) is 5.45. The number of benzene rings is 1. The van der Waals surface area contributed by atoms with Crippen molar-refractivity contribution in [2.24, 2.45) is 0 Å². The molecule has 5 nitrogen and oxygen atoms in total. The average molecular weight is 361 g/mol. The van der Waals surface area contributed by atoms with Crippen LogP contribution in [0.1, 0.15) is 28.7 Å². The Morgan fingerprint density at radius 1 is 1.36 bits per heavy atom. The van der Waals surface area contributed by atoms with Gasteiger partial charge in [0.1, 0.15) is 10.6 Å². The molecule has 1 aromatic carbocycles. The molecule has 3 aromatic rings. The number of aromatic nitrogens is 2. The van der Waals surface area contributed by atoms with Crippen LogP contribution < -0.4 is 5.32 Å². The van der Waals surface area contributed by atoms with Crippen LogP contribution in [0.25, 0.3) is 15.9 Å². The van der Waals surface area contributed by atoms with Crippen LogP contribution in [-0.4, -0.2) is 35.4 Å². The predicted octanol–water partition coefficient (Wildman–Crippen LogP) is 3.69. The zero-order valence-corrected chi connectivity index (χ0v) is 15.0. The minimum Gasteiger partial charge on any atom is -0.382 e. The van der Waals surface area contributed by atoms with Crippen LogP contribution in [0.5, 0.6) is 0 Å². The van der Waals surface area contributed by atoms with Gasteiger partial charge in [0.25, 0.3) is 5.91 Å². The number of aryl methyl sites for hydroxylation is 1. The van der Waals surface area contributed by atoms with Gasteiger partial charge in [0, 0.05) is 25.1 Å². The van der Waals surface area contributed by atoms with Gasteiger partial charge in [-0.05, 0) is 50.6 Å². The second kappa shape index (κ2) is 7.76. The molecule has 2 heterocycles. The molecule has 0 bridgehead atoms. The molecular formula is C18H20FN3O2S. The summed E-state index contributed by atoms with van der Waals surface area (Å²) in [6.45, 7) is 5.75. The fraction of sp³-hybridized carbons (Fsp3) is 0.333. The lowest BCUT2D eigenvalue weighted by molar-refractivity contribution is 0.0948. The zero-order chi connectivity index (χ0) is 17.8. The molecule has 0 unspecified atom stereocenters. The molecule has 132 valence electrons. The number of hydrogen-bond donors (Lipinski definition) is 1. The van der Waals surface area contributed by atoms with Crippen molar-refractivity contribution in [3.8, 4) is 5.69 Å². The molecule has 1 N–H and O–H groups in total. The van der Waals surface area contributed by atoms with Gasteiger partial charge in [0.2, 0.25) is 0 Å². The quantitative estimate of drug-likeness (QED) is 0.653. The topological polar surface area (TPSA) is 56.1 Å². The molecule has 0 saturated carbocycles. The number of amides is 1. The van der Waals surface area contributed by atoms with E-state index in [1.165, 1.54) is 23.5 Å². The van der Waals surface area contributed by atoms with E-state index in [0.29, 0.717) is 24.6 Å². The molecule has 0 aliphatic rings. The molecule has 0 aliphatic heterocycles. The largest absolute Gasteiger partial charge is 0.382 e. The van der Waals surface area contributed by atoms with Gasteiger partial charge in [-0.25, -0.2) is 9.07 Å². The third-order valence-electron chi connectivity index (χ3n) is 3.79. The van der Waals surface area contributed by atoms with Crippen LogP contribution in [0.15, 0.2) is 30.3 Å². The highest BCUT2D eigenvalue weighted by molar-refractivity contribution is 7.20.